The smallest absolute Gasteiger partial charge is 0.263 e. The van der Waals surface area contributed by atoms with E-state index in [1.54, 1.807) is 0 Å². The van der Waals surface area contributed by atoms with Gasteiger partial charge in [0.2, 0.25) is 5.91 Å². The van der Waals surface area contributed by atoms with Gasteiger partial charge >= 0.3 is 0 Å². The van der Waals surface area contributed by atoms with Crippen LogP contribution in [0.1, 0.15) is 60.5 Å². The number of anilines is 2. The lowest BCUT2D eigenvalue weighted by Gasteiger charge is -2.07. The molecule has 8 nitrogen and oxygen atoms in total. The van der Waals surface area contributed by atoms with Crippen LogP contribution in [0, 0.1) is 5.41 Å². The molecule has 2 amide bonds. The summed E-state index contributed by atoms with van der Waals surface area (Å²) in [6, 6.07) is 7.59. The second-order valence-corrected chi connectivity index (χ2v) is 8.03. The van der Waals surface area contributed by atoms with Gasteiger partial charge in [-0.3, -0.25) is 15.0 Å². The van der Waals surface area contributed by atoms with Crippen molar-refractivity contribution in [3.8, 4) is 0 Å². The van der Waals surface area contributed by atoms with Gasteiger partial charge in [0, 0.05) is 19.2 Å². The van der Waals surface area contributed by atoms with Gasteiger partial charge in [-0.2, -0.15) is 0 Å². The minimum absolute atomic E-state index is 0.110. The molecule has 1 aromatic carbocycles. The first-order valence-electron chi connectivity index (χ1n) is 10.1. The van der Waals surface area contributed by atoms with Gasteiger partial charge in [-0.1, -0.05) is 49.7 Å². The summed E-state index contributed by atoms with van der Waals surface area (Å²) >= 11 is 1.21. The highest BCUT2D eigenvalue weighted by atomic mass is 32.1. The third kappa shape index (κ3) is 7.82. The summed E-state index contributed by atoms with van der Waals surface area (Å²) in [5.74, 6) is -0.465. The number of guanidine groups is 1. The van der Waals surface area contributed by atoms with Crippen molar-refractivity contribution in [2.75, 3.05) is 17.2 Å². The summed E-state index contributed by atoms with van der Waals surface area (Å²) in [6.45, 7) is 4.21. The lowest BCUT2D eigenvalue weighted by atomic mass is 10.1. The molecule has 1 heterocycles. The molecule has 30 heavy (non-hydrogen) atoms. The molecule has 0 bridgehead atoms. The van der Waals surface area contributed by atoms with E-state index in [0.29, 0.717) is 35.1 Å². The molecule has 6 N–H and O–H groups in total. The molecular weight excluding hydrogens is 400 g/mol. The van der Waals surface area contributed by atoms with E-state index < -0.39 is 0 Å². The molecule has 162 valence electrons. The second kappa shape index (κ2) is 11.9. The molecule has 0 saturated carbocycles. The van der Waals surface area contributed by atoms with Crippen molar-refractivity contribution in [3.05, 3.63) is 40.4 Å². The van der Waals surface area contributed by atoms with Crippen molar-refractivity contribution in [1.82, 2.24) is 10.3 Å². The van der Waals surface area contributed by atoms with Crippen LogP contribution in [0.15, 0.2) is 24.3 Å². The number of nitrogens with zero attached hydrogens (tertiary/aromatic N) is 1. The number of carbonyl (C=O) groups excluding carboxylic acids is 2. The maximum absolute atomic E-state index is 12.7. The maximum Gasteiger partial charge on any atom is 0.263 e. The molecule has 1 aromatic heterocycles. The van der Waals surface area contributed by atoms with Gasteiger partial charge in [-0.15, -0.1) is 0 Å². The van der Waals surface area contributed by atoms with Crippen LogP contribution in [0.2, 0.25) is 0 Å². The molecule has 2 aromatic rings. The van der Waals surface area contributed by atoms with Crippen molar-refractivity contribution in [1.29, 1.82) is 5.41 Å². The van der Waals surface area contributed by atoms with Crippen LogP contribution >= 0.6 is 11.3 Å². The normalized spacial score (nSPS) is 10.5. The fourth-order valence-electron chi connectivity index (χ4n) is 2.91. The Kier molecular flexibility index (Phi) is 9.27. The van der Waals surface area contributed by atoms with E-state index in [4.69, 9.17) is 11.1 Å². The Morgan fingerprint density at radius 2 is 1.83 bits per heavy atom. The Bertz CT molecular complexity index is 863. The number of benzene rings is 1. The molecular formula is C21H30N6O2S. The number of nitrogens with two attached hydrogens (primary N) is 1. The van der Waals surface area contributed by atoms with E-state index in [0.717, 1.165) is 36.9 Å². The quantitative estimate of drug-likeness (QED) is 0.211. The first kappa shape index (κ1) is 23.3. The Labute approximate surface area is 181 Å². The zero-order chi connectivity index (χ0) is 21.9. The van der Waals surface area contributed by atoms with E-state index in [1.807, 2.05) is 24.3 Å². The lowest BCUT2D eigenvalue weighted by molar-refractivity contribution is -0.114. The number of hydrogen-bond acceptors (Lipinski definition) is 5. The minimum Gasteiger partial charge on any atom is -0.370 e. The highest BCUT2D eigenvalue weighted by Gasteiger charge is 2.18. The van der Waals surface area contributed by atoms with E-state index in [1.165, 1.54) is 18.3 Å². The summed E-state index contributed by atoms with van der Waals surface area (Å²) < 4.78 is 0. The highest BCUT2D eigenvalue weighted by Crippen LogP contribution is 2.25. The van der Waals surface area contributed by atoms with E-state index in [-0.39, 0.29) is 17.8 Å². The van der Waals surface area contributed by atoms with Gasteiger partial charge in [0.1, 0.15) is 4.88 Å². The number of thiazole rings is 1. The molecule has 0 saturated heterocycles. The van der Waals surface area contributed by atoms with Crippen molar-refractivity contribution in [2.45, 2.75) is 52.4 Å². The minimum atomic E-state index is -0.213. The standard InChI is InChI=1S/C21H30N6O2S/c1-3-4-5-6-13-24-19(29)18-17(27-21(30-18)25-14(2)28)12-9-15-7-10-16(11-8-15)26-20(22)23/h7-8,10-11H,3-6,9,12-13H2,1-2H3,(H,24,29)(H4,22,23,26)(H,25,27,28). The summed E-state index contributed by atoms with van der Waals surface area (Å²) in [4.78, 5) is 29.1. The van der Waals surface area contributed by atoms with Gasteiger partial charge in [0.05, 0.1) is 5.69 Å². The summed E-state index contributed by atoms with van der Waals surface area (Å²) in [7, 11) is 0. The van der Waals surface area contributed by atoms with Gasteiger partial charge < -0.3 is 21.7 Å². The Balaban J connectivity index is 2.03. The first-order valence-corrected chi connectivity index (χ1v) is 11.0. The molecule has 0 radical (unpaired) electrons. The molecule has 0 atom stereocenters. The molecule has 9 heteroatoms. The predicted octanol–water partition coefficient (Wildman–Crippen LogP) is 3.50. The Hall–Kier alpha value is -2.94. The third-order valence-electron chi connectivity index (χ3n) is 4.39. The number of nitrogens with one attached hydrogen (secondary N) is 4. The van der Waals surface area contributed by atoms with E-state index >= 15 is 0 Å². The van der Waals surface area contributed by atoms with Crippen LogP contribution in [-0.4, -0.2) is 29.3 Å². The van der Waals surface area contributed by atoms with Gasteiger partial charge in [-0.05, 0) is 37.0 Å². The maximum atomic E-state index is 12.7. The van der Waals surface area contributed by atoms with Crippen LogP contribution in [-0.2, 0) is 17.6 Å². The van der Waals surface area contributed by atoms with Crippen LogP contribution in [0.4, 0.5) is 10.8 Å². The van der Waals surface area contributed by atoms with Crippen LogP contribution in [0.5, 0.6) is 0 Å². The molecule has 0 unspecified atom stereocenters. The fourth-order valence-corrected chi connectivity index (χ4v) is 3.88. The van der Waals surface area contributed by atoms with Crippen LogP contribution in [0.25, 0.3) is 0 Å². The monoisotopic (exact) mass is 430 g/mol. The summed E-state index contributed by atoms with van der Waals surface area (Å²) in [6.07, 6.45) is 5.63. The molecule has 0 fully saturated rings. The summed E-state index contributed by atoms with van der Waals surface area (Å²) in [5.41, 5.74) is 7.84. The topological polar surface area (TPSA) is 133 Å². The van der Waals surface area contributed by atoms with Crippen molar-refractivity contribution in [3.63, 3.8) is 0 Å². The molecule has 0 aliphatic rings. The van der Waals surface area contributed by atoms with Crippen LogP contribution < -0.4 is 21.7 Å². The zero-order valence-corrected chi connectivity index (χ0v) is 18.3. The SMILES string of the molecule is CCCCCCNC(=O)c1sc(NC(C)=O)nc1CCc1ccc(NC(=N)N)cc1. The summed E-state index contributed by atoms with van der Waals surface area (Å²) in [5, 5.41) is 16.1. The van der Waals surface area contributed by atoms with E-state index in [9.17, 15) is 9.59 Å². The predicted molar refractivity (Wildman–Crippen MR) is 122 cm³/mol. The van der Waals surface area contributed by atoms with Gasteiger partial charge in [-0.25, -0.2) is 4.98 Å². The zero-order valence-electron chi connectivity index (χ0n) is 17.5. The Morgan fingerprint density at radius 3 is 2.47 bits per heavy atom. The first-order chi connectivity index (χ1) is 14.4. The van der Waals surface area contributed by atoms with Crippen molar-refractivity contribution < 1.29 is 9.59 Å². The molecule has 0 spiro atoms. The third-order valence-corrected chi connectivity index (χ3v) is 5.40. The van der Waals surface area contributed by atoms with Crippen LogP contribution in [0.3, 0.4) is 0 Å². The number of amides is 2. The average molecular weight is 431 g/mol. The van der Waals surface area contributed by atoms with Gasteiger partial charge in [0.25, 0.3) is 5.91 Å². The largest absolute Gasteiger partial charge is 0.370 e. The number of rotatable bonds is 11. The van der Waals surface area contributed by atoms with Crippen molar-refractivity contribution in [2.24, 2.45) is 5.73 Å². The average Bonchev–Trinajstić information content (AvgIpc) is 3.08. The number of aromatic nitrogens is 1. The second-order valence-electron chi connectivity index (χ2n) is 7.03. The lowest BCUT2D eigenvalue weighted by Crippen LogP contribution is -2.24. The Morgan fingerprint density at radius 1 is 1.10 bits per heavy atom. The molecule has 0 aliphatic carbocycles. The van der Waals surface area contributed by atoms with Gasteiger partial charge in [0.15, 0.2) is 11.1 Å². The highest BCUT2D eigenvalue weighted by molar-refractivity contribution is 7.17. The van der Waals surface area contributed by atoms with Crippen molar-refractivity contribution >= 4 is 39.9 Å². The number of carbonyl (C=O) groups is 2. The molecule has 2 rings (SSSR count). The number of unbranched alkanes of at least 4 members (excludes halogenated alkanes) is 3. The fraction of sp³-hybridized carbons (Fsp3) is 0.429. The number of aryl methyl sites for hydroxylation is 2. The van der Waals surface area contributed by atoms with E-state index in [2.05, 4.69) is 27.9 Å². The molecule has 0 aliphatic heterocycles. The number of hydrogen-bond donors (Lipinski definition) is 5.